The van der Waals surface area contributed by atoms with Crippen molar-refractivity contribution >= 4 is 22.7 Å². The van der Waals surface area contributed by atoms with E-state index in [9.17, 15) is 9.59 Å². The van der Waals surface area contributed by atoms with Crippen molar-refractivity contribution in [3.8, 4) is 11.5 Å². The van der Waals surface area contributed by atoms with E-state index in [-0.39, 0.29) is 22.6 Å². The molecular weight excluding hydrogens is 264 g/mol. The largest absolute Gasteiger partial charge is 0.496 e. The van der Waals surface area contributed by atoms with E-state index < -0.39 is 11.9 Å². The molecular formula is C14H12O6. The summed E-state index contributed by atoms with van der Waals surface area (Å²) in [6.07, 6.45) is 0. The summed E-state index contributed by atoms with van der Waals surface area (Å²) in [7, 11) is 2.78. The minimum absolute atomic E-state index is 0.0377. The fraction of sp³-hybridized carbons (Fsp3) is 0.143. The number of aromatic carboxylic acids is 2. The molecule has 0 saturated carbocycles. The van der Waals surface area contributed by atoms with Gasteiger partial charge in [-0.05, 0) is 24.3 Å². The van der Waals surface area contributed by atoms with E-state index in [4.69, 9.17) is 19.7 Å². The first-order chi connectivity index (χ1) is 9.47. The molecule has 2 aromatic carbocycles. The Morgan fingerprint density at radius 2 is 1.15 bits per heavy atom. The summed E-state index contributed by atoms with van der Waals surface area (Å²) in [5.74, 6) is -1.65. The minimum Gasteiger partial charge on any atom is -0.496 e. The molecule has 2 N–H and O–H groups in total. The van der Waals surface area contributed by atoms with E-state index in [0.29, 0.717) is 10.8 Å². The highest BCUT2D eigenvalue weighted by molar-refractivity contribution is 6.03. The van der Waals surface area contributed by atoms with Crippen LogP contribution >= 0.6 is 0 Å². The molecule has 0 atom stereocenters. The van der Waals surface area contributed by atoms with Crippen LogP contribution < -0.4 is 9.47 Å². The van der Waals surface area contributed by atoms with Gasteiger partial charge in [0.15, 0.2) is 0 Å². The molecule has 0 bridgehead atoms. The fourth-order valence-electron chi connectivity index (χ4n) is 1.98. The lowest BCUT2D eigenvalue weighted by Gasteiger charge is -2.12. The highest BCUT2D eigenvalue weighted by atomic mass is 16.5. The van der Waals surface area contributed by atoms with E-state index in [0.717, 1.165) is 0 Å². The molecule has 0 heterocycles. The molecule has 0 aliphatic carbocycles. The second-order valence-electron chi connectivity index (χ2n) is 4.06. The molecule has 104 valence electrons. The SMILES string of the molecule is COc1cc(C(=O)O)cc2c(OC)cc(C(=O)O)cc12. The molecule has 0 unspecified atom stereocenters. The van der Waals surface area contributed by atoms with Crippen molar-refractivity contribution in [1.29, 1.82) is 0 Å². The van der Waals surface area contributed by atoms with Crippen LogP contribution in [-0.2, 0) is 0 Å². The van der Waals surface area contributed by atoms with Gasteiger partial charge >= 0.3 is 11.9 Å². The summed E-state index contributed by atoms with van der Waals surface area (Å²) in [6, 6.07) is 5.53. The molecule has 0 aliphatic rings. The zero-order chi connectivity index (χ0) is 14.9. The van der Waals surface area contributed by atoms with Crippen molar-refractivity contribution in [3.63, 3.8) is 0 Å². The number of hydrogen-bond acceptors (Lipinski definition) is 4. The van der Waals surface area contributed by atoms with Gasteiger partial charge in [-0.1, -0.05) is 0 Å². The molecule has 20 heavy (non-hydrogen) atoms. The zero-order valence-corrected chi connectivity index (χ0v) is 10.8. The Morgan fingerprint density at radius 3 is 1.40 bits per heavy atom. The Hall–Kier alpha value is -2.76. The minimum atomic E-state index is -1.10. The first-order valence-corrected chi connectivity index (χ1v) is 5.64. The molecule has 2 rings (SSSR count). The fourth-order valence-corrected chi connectivity index (χ4v) is 1.98. The van der Waals surface area contributed by atoms with Gasteiger partial charge in [-0.25, -0.2) is 9.59 Å². The summed E-state index contributed by atoms with van der Waals surface area (Å²) in [5, 5.41) is 19.1. The van der Waals surface area contributed by atoms with Gasteiger partial charge in [0.1, 0.15) is 11.5 Å². The van der Waals surface area contributed by atoms with Crippen molar-refractivity contribution in [2.75, 3.05) is 14.2 Å². The Morgan fingerprint density at radius 1 is 0.800 bits per heavy atom. The van der Waals surface area contributed by atoms with E-state index in [1.165, 1.54) is 38.5 Å². The highest BCUT2D eigenvalue weighted by Crippen LogP contribution is 2.35. The standard InChI is InChI=1S/C14H12O6/c1-19-11-5-7(13(15)16)4-10-9(11)3-8(14(17)18)6-12(10)20-2/h3-6H,1-2H3,(H,15,16)(H,17,18). The molecule has 0 aliphatic heterocycles. The number of benzene rings is 2. The van der Waals surface area contributed by atoms with Gasteiger partial charge in [0.05, 0.1) is 25.3 Å². The number of methoxy groups -OCH3 is 2. The van der Waals surface area contributed by atoms with Crippen LogP contribution in [-0.4, -0.2) is 36.4 Å². The Balaban J connectivity index is 2.88. The van der Waals surface area contributed by atoms with Gasteiger partial charge < -0.3 is 19.7 Å². The van der Waals surface area contributed by atoms with Crippen LogP contribution in [0, 0.1) is 0 Å². The van der Waals surface area contributed by atoms with Crippen LogP contribution in [0.1, 0.15) is 20.7 Å². The Kier molecular flexibility index (Phi) is 3.47. The lowest BCUT2D eigenvalue weighted by Crippen LogP contribution is -2.01. The second kappa shape index (κ2) is 5.08. The lowest BCUT2D eigenvalue weighted by atomic mass is 10.0. The van der Waals surface area contributed by atoms with Crippen molar-refractivity contribution in [1.82, 2.24) is 0 Å². The number of carbonyl (C=O) groups is 2. The van der Waals surface area contributed by atoms with Gasteiger partial charge in [0.2, 0.25) is 0 Å². The summed E-state index contributed by atoms with van der Waals surface area (Å²) in [4.78, 5) is 22.2. The van der Waals surface area contributed by atoms with E-state index in [2.05, 4.69) is 0 Å². The van der Waals surface area contributed by atoms with E-state index in [1.54, 1.807) is 0 Å². The van der Waals surface area contributed by atoms with Gasteiger partial charge in [-0.15, -0.1) is 0 Å². The summed E-state index contributed by atoms with van der Waals surface area (Å²) in [6.45, 7) is 0. The maximum absolute atomic E-state index is 11.1. The molecule has 2 aromatic rings. The molecule has 0 amide bonds. The predicted molar refractivity (Wildman–Crippen MR) is 71.0 cm³/mol. The van der Waals surface area contributed by atoms with Crippen LogP contribution in [0.2, 0.25) is 0 Å². The van der Waals surface area contributed by atoms with Crippen molar-refractivity contribution < 1.29 is 29.3 Å². The zero-order valence-electron chi connectivity index (χ0n) is 10.8. The normalized spacial score (nSPS) is 10.3. The Bertz CT molecular complexity index is 643. The summed E-state index contributed by atoms with van der Waals surface area (Å²) in [5.41, 5.74) is 0.0754. The average Bonchev–Trinajstić information content (AvgIpc) is 2.44. The van der Waals surface area contributed by atoms with Gasteiger partial charge in [0, 0.05) is 10.8 Å². The van der Waals surface area contributed by atoms with Crippen molar-refractivity contribution in [2.24, 2.45) is 0 Å². The third-order valence-electron chi connectivity index (χ3n) is 2.93. The first-order valence-electron chi connectivity index (χ1n) is 5.64. The van der Waals surface area contributed by atoms with Crippen molar-refractivity contribution in [2.45, 2.75) is 0 Å². The van der Waals surface area contributed by atoms with E-state index >= 15 is 0 Å². The smallest absolute Gasteiger partial charge is 0.335 e. The third kappa shape index (κ3) is 2.23. The van der Waals surface area contributed by atoms with Crippen LogP contribution in [0.3, 0.4) is 0 Å². The number of hydrogen-bond donors (Lipinski definition) is 2. The first kappa shape index (κ1) is 13.7. The average molecular weight is 276 g/mol. The van der Waals surface area contributed by atoms with Gasteiger partial charge in [-0.2, -0.15) is 0 Å². The quantitative estimate of drug-likeness (QED) is 0.889. The molecule has 0 fully saturated rings. The molecule has 0 aromatic heterocycles. The number of ether oxygens (including phenoxy) is 2. The number of fused-ring (bicyclic) bond motifs is 1. The van der Waals surface area contributed by atoms with Gasteiger partial charge in [-0.3, -0.25) is 0 Å². The molecule has 6 heteroatoms. The Labute approximate surface area is 114 Å². The monoisotopic (exact) mass is 276 g/mol. The molecule has 0 saturated heterocycles. The number of rotatable bonds is 4. The predicted octanol–water partition coefficient (Wildman–Crippen LogP) is 2.25. The van der Waals surface area contributed by atoms with Crippen LogP contribution in [0.25, 0.3) is 10.8 Å². The third-order valence-corrected chi connectivity index (χ3v) is 2.93. The van der Waals surface area contributed by atoms with Crippen LogP contribution in [0.4, 0.5) is 0 Å². The van der Waals surface area contributed by atoms with Crippen molar-refractivity contribution in [3.05, 3.63) is 35.4 Å². The molecule has 0 spiro atoms. The topological polar surface area (TPSA) is 93.1 Å². The van der Waals surface area contributed by atoms with Crippen LogP contribution in [0.15, 0.2) is 24.3 Å². The molecule has 0 radical (unpaired) electrons. The van der Waals surface area contributed by atoms with Crippen LogP contribution in [0.5, 0.6) is 11.5 Å². The maximum atomic E-state index is 11.1. The van der Waals surface area contributed by atoms with E-state index in [1.807, 2.05) is 0 Å². The summed E-state index contributed by atoms with van der Waals surface area (Å²) < 4.78 is 10.3. The summed E-state index contributed by atoms with van der Waals surface area (Å²) >= 11 is 0. The number of carboxylic acids is 2. The lowest BCUT2D eigenvalue weighted by molar-refractivity contribution is 0.0685. The maximum Gasteiger partial charge on any atom is 0.335 e. The highest BCUT2D eigenvalue weighted by Gasteiger charge is 2.16. The van der Waals surface area contributed by atoms with Gasteiger partial charge in [0.25, 0.3) is 0 Å². The molecule has 6 nitrogen and oxygen atoms in total. The number of carboxylic acid groups (broad SMARTS) is 2. The second-order valence-corrected chi connectivity index (χ2v) is 4.06.